The first-order chi connectivity index (χ1) is 12.1. The molecule has 0 spiro atoms. The Morgan fingerprint density at radius 2 is 2.12 bits per heavy atom. The number of hydrogen-bond donors (Lipinski definition) is 2. The number of aliphatic hydroxyl groups is 1. The Morgan fingerprint density at radius 1 is 1.36 bits per heavy atom. The van der Waals surface area contributed by atoms with Gasteiger partial charge in [-0.05, 0) is 49.3 Å². The molecular weight excluding hydrogens is 336 g/mol. The lowest BCUT2D eigenvalue weighted by atomic mass is 9.77. The molecule has 1 heterocycles. The fourth-order valence-electron chi connectivity index (χ4n) is 4.38. The molecular formula is C20H29ClN2O2. The average molecular weight is 365 g/mol. The van der Waals surface area contributed by atoms with Crippen molar-refractivity contribution >= 4 is 17.5 Å². The van der Waals surface area contributed by atoms with Gasteiger partial charge in [-0.2, -0.15) is 0 Å². The summed E-state index contributed by atoms with van der Waals surface area (Å²) in [6, 6.07) is 6.27. The zero-order valence-corrected chi connectivity index (χ0v) is 15.8. The van der Waals surface area contributed by atoms with E-state index in [2.05, 4.69) is 16.3 Å². The third-order valence-corrected chi connectivity index (χ3v) is 5.90. The molecule has 0 bridgehead atoms. The van der Waals surface area contributed by atoms with Crippen molar-refractivity contribution in [3.05, 3.63) is 34.3 Å². The molecule has 0 radical (unpaired) electrons. The monoisotopic (exact) mass is 364 g/mol. The predicted octanol–water partition coefficient (Wildman–Crippen LogP) is 3.32. The molecule has 2 atom stereocenters. The molecule has 0 aromatic heterocycles. The van der Waals surface area contributed by atoms with E-state index >= 15 is 0 Å². The zero-order valence-electron chi connectivity index (χ0n) is 15.0. The van der Waals surface area contributed by atoms with Crippen LogP contribution in [-0.2, 0) is 11.2 Å². The van der Waals surface area contributed by atoms with Gasteiger partial charge in [0.2, 0.25) is 5.91 Å². The van der Waals surface area contributed by atoms with Crippen molar-refractivity contribution in [2.75, 3.05) is 19.6 Å². The SMILES string of the molecule is C[C@@H](O)CNCC(=O)N1CCc2c(Cl)cccc2C1C1CCCCC1. The maximum absolute atomic E-state index is 12.9. The van der Waals surface area contributed by atoms with E-state index in [1.165, 1.54) is 43.2 Å². The third kappa shape index (κ3) is 4.36. The fourth-order valence-corrected chi connectivity index (χ4v) is 4.66. The lowest BCUT2D eigenvalue weighted by Crippen LogP contribution is -2.47. The summed E-state index contributed by atoms with van der Waals surface area (Å²) in [6.45, 7) is 3.18. The molecule has 1 fully saturated rings. The van der Waals surface area contributed by atoms with Crippen LogP contribution in [0.1, 0.15) is 56.2 Å². The second-order valence-electron chi connectivity index (χ2n) is 7.47. The van der Waals surface area contributed by atoms with E-state index in [0.717, 1.165) is 18.0 Å². The Kier molecular flexibility index (Phi) is 6.37. The number of aliphatic hydroxyl groups excluding tert-OH is 1. The second kappa shape index (κ2) is 8.52. The maximum Gasteiger partial charge on any atom is 0.237 e. The molecule has 1 aromatic rings. The predicted molar refractivity (Wildman–Crippen MR) is 101 cm³/mol. The Morgan fingerprint density at radius 3 is 2.84 bits per heavy atom. The van der Waals surface area contributed by atoms with Crippen LogP contribution in [0, 0.1) is 5.92 Å². The molecule has 25 heavy (non-hydrogen) atoms. The number of hydrogen-bond acceptors (Lipinski definition) is 3. The van der Waals surface area contributed by atoms with Crippen molar-refractivity contribution in [3.8, 4) is 0 Å². The van der Waals surface area contributed by atoms with Gasteiger partial charge in [-0.3, -0.25) is 4.79 Å². The summed E-state index contributed by atoms with van der Waals surface area (Å²) >= 11 is 6.45. The van der Waals surface area contributed by atoms with Gasteiger partial charge >= 0.3 is 0 Å². The molecule has 1 unspecified atom stereocenters. The van der Waals surface area contributed by atoms with E-state index in [9.17, 15) is 9.90 Å². The largest absolute Gasteiger partial charge is 0.392 e. The number of nitrogens with zero attached hydrogens (tertiary/aromatic N) is 1. The standard InChI is InChI=1S/C20H29ClN2O2/c1-14(24)12-22-13-19(25)23-11-10-16-17(8-5-9-18(16)21)20(23)15-6-3-2-4-7-15/h5,8-9,14-15,20,22,24H,2-4,6-7,10-13H2,1H3/t14-,20?/m1/s1. The van der Waals surface area contributed by atoms with Gasteiger partial charge in [0.15, 0.2) is 0 Å². The summed E-state index contributed by atoms with van der Waals surface area (Å²) in [6.07, 6.45) is 6.54. The highest BCUT2D eigenvalue weighted by Gasteiger charge is 2.37. The summed E-state index contributed by atoms with van der Waals surface area (Å²) in [5.41, 5.74) is 2.47. The molecule has 2 aliphatic rings. The first-order valence-corrected chi connectivity index (χ1v) is 9.91. The number of rotatable bonds is 5. The van der Waals surface area contributed by atoms with E-state index < -0.39 is 6.10 Å². The van der Waals surface area contributed by atoms with Gasteiger partial charge in [0, 0.05) is 18.1 Å². The van der Waals surface area contributed by atoms with Crippen LogP contribution in [0.4, 0.5) is 0 Å². The summed E-state index contributed by atoms with van der Waals surface area (Å²) in [4.78, 5) is 14.9. The highest BCUT2D eigenvalue weighted by molar-refractivity contribution is 6.31. The highest BCUT2D eigenvalue weighted by Crippen LogP contribution is 2.43. The number of benzene rings is 1. The molecule has 0 saturated heterocycles. The number of carbonyl (C=O) groups excluding carboxylic acids is 1. The molecule has 1 aliphatic heterocycles. The van der Waals surface area contributed by atoms with E-state index in [-0.39, 0.29) is 18.5 Å². The Bertz CT molecular complexity index is 599. The molecule has 1 amide bonds. The first-order valence-electron chi connectivity index (χ1n) is 9.53. The van der Waals surface area contributed by atoms with Crippen LogP contribution in [0.15, 0.2) is 18.2 Å². The highest BCUT2D eigenvalue weighted by atomic mass is 35.5. The number of carbonyl (C=O) groups is 1. The lowest BCUT2D eigenvalue weighted by Gasteiger charge is -2.43. The van der Waals surface area contributed by atoms with Gasteiger partial charge in [-0.25, -0.2) is 0 Å². The van der Waals surface area contributed by atoms with Crippen molar-refractivity contribution in [3.63, 3.8) is 0 Å². The van der Waals surface area contributed by atoms with Crippen LogP contribution in [-0.4, -0.2) is 41.7 Å². The van der Waals surface area contributed by atoms with E-state index in [1.807, 2.05) is 12.1 Å². The average Bonchev–Trinajstić information content (AvgIpc) is 2.61. The Hall–Kier alpha value is -1.10. The minimum absolute atomic E-state index is 0.127. The molecule has 138 valence electrons. The van der Waals surface area contributed by atoms with Crippen molar-refractivity contribution in [1.82, 2.24) is 10.2 Å². The Balaban J connectivity index is 1.82. The molecule has 2 N–H and O–H groups in total. The topological polar surface area (TPSA) is 52.6 Å². The van der Waals surface area contributed by atoms with Gasteiger partial charge in [-0.1, -0.05) is 43.0 Å². The summed E-state index contributed by atoms with van der Waals surface area (Å²) in [5.74, 6) is 0.647. The third-order valence-electron chi connectivity index (χ3n) is 5.54. The molecule has 1 aromatic carbocycles. The molecule has 5 heteroatoms. The Labute approximate surface area is 155 Å². The molecule has 1 saturated carbocycles. The zero-order chi connectivity index (χ0) is 17.8. The molecule has 1 aliphatic carbocycles. The van der Waals surface area contributed by atoms with Crippen molar-refractivity contribution < 1.29 is 9.90 Å². The van der Waals surface area contributed by atoms with Crippen molar-refractivity contribution in [2.24, 2.45) is 5.92 Å². The second-order valence-corrected chi connectivity index (χ2v) is 7.87. The number of halogens is 1. The van der Waals surface area contributed by atoms with Crippen LogP contribution in [0.5, 0.6) is 0 Å². The van der Waals surface area contributed by atoms with Crippen LogP contribution in [0.25, 0.3) is 0 Å². The summed E-state index contributed by atoms with van der Waals surface area (Å²) in [7, 11) is 0. The molecule has 4 nitrogen and oxygen atoms in total. The van der Waals surface area contributed by atoms with Crippen LogP contribution in [0.2, 0.25) is 5.02 Å². The van der Waals surface area contributed by atoms with Gasteiger partial charge < -0.3 is 15.3 Å². The number of fused-ring (bicyclic) bond motifs is 1. The van der Waals surface area contributed by atoms with Gasteiger partial charge in [0.05, 0.1) is 18.7 Å². The van der Waals surface area contributed by atoms with E-state index in [4.69, 9.17) is 11.6 Å². The van der Waals surface area contributed by atoms with Crippen LogP contribution in [0.3, 0.4) is 0 Å². The first kappa shape index (κ1) is 18.7. The lowest BCUT2D eigenvalue weighted by molar-refractivity contribution is -0.134. The van der Waals surface area contributed by atoms with Crippen LogP contribution >= 0.6 is 11.6 Å². The molecule has 3 rings (SSSR count). The van der Waals surface area contributed by atoms with Gasteiger partial charge in [0.1, 0.15) is 0 Å². The normalized spacial score (nSPS) is 22.5. The maximum atomic E-state index is 12.9. The van der Waals surface area contributed by atoms with Crippen LogP contribution < -0.4 is 5.32 Å². The van der Waals surface area contributed by atoms with E-state index in [0.29, 0.717) is 12.5 Å². The number of amides is 1. The fraction of sp³-hybridized carbons (Fsp3) is 0.650. The van der Waals surface area contributed by atoms with Gasteiger partial charge in [0.25, 0.3) is 0 Å². The minimum atomic E-state index is -0.442. The summed E-state index contributed by atoms with van der Waals surface area (Å²) in [5, 5.41) is 13.3. The number of nitrogens with one attached hydrogen (secondary N) is 1. The van der Waals surface area contributed by atoms with E-state index in [1.54, 1.807) is 6.92 Å². The smallest absolute Gasteiger partial charge is 0.237 e. The quantitative estimate of drug-likeness (QED) is 0.842. The van der Waals surface area contributed by atoms with Crippen molar-refractivity contribution in [1.29, 1.82) is 0 Å². The minimum Gasteiger partial charge on any atom is -0.392 e. The van der Waals surface area contributed by atoms with Gasteiger partial charge in [-0.15, -0.1) is 0 Å². The summed E-state index contributed by atoms with van der Waals surface area (Å²) < 4.78 is 0. The van der Waals surface area contributed by atoms with Crippen molar-refractivity contribution in [2.45, 2.75) is 57.6 Å².